The zero-order chi connectivity index (χ0) is 22.2. The Balaban J connectivity index is 1.56. The Hall–Kier alpha value is -3.54. The van der Waals surface area contributed by atoms with E-state index in [2.05, 4.69) is 108 Å². The molecule has 6 heteroatoms. The quantitative estimate of drug-likeness (QED) is 0.640. The van der Waals surface area contributed by atoms with E-state index in [1.165, 1.54) is 39.3 Å². The molecule has 1 aliphatic carbocycles. The number of benzene rings is 2. The number of aromatic nitrogens is 3. The van der Waals surface area contributed by atoms with Gasteiger partial charge in [-0.3, -0.25) is 0 Å². The van der Waals surface area contributed by atoms with Gasteiger partial charge in [-0.1, -0.05) is 24.3 Å². The summed E-state index contributed by atoms with van der Waals surface area (Å²) in [7, 11) is 8.27. The van der Waals surface area contributed by atoms with Gasteiger partial charge in [0, 0.05) is 45.3 Å². The second-order valence-electron chi connectivity index (χ2n) is 8.95. The molecule has 164 valence electrons. The minimum absolute atomic E-state index is 0.0692. The van der Waals surface area contributed by atoms with Crippen molar-refractivity contribution in [3.05, 3.63) is 82.8 Å². The Morgan fingerprint density at radius 3 is 2.22 bits per heavy atom. The second kappa shape index (κ2) is 8.19. The Morgan fingerprint density at radius 1 is 0.906 bits per heavy atom. The maximum atomic E-state index is 4.57. The molecule has 1 aliphatic heterocycles. The summed E-state index contributed by atoms with van der Waals surface area (Å²) in [5, 5.41) is 8.17. The lowest BCUT2D eigenvalue weighted by atomic mass is 9.83. The van der Waals surface area contributed by atoms with Crippen molar-refractivity contribution in [3.63, 3.8) is 0 Å². The third kappa shape index (κ3) is 3.66. The average molecular weight is 427 g/mol. The second-order valence-corrected chi connectivity index (χ2v) is 8.95. The van der Waals surface area contributed by atoms with E-state index in [1.807, 2.05) is 4.68 Å². The van der Waals surface area contributed by atoms with Gasteiger partial charge in [0.25, 0.3) is 0 Å². The van der Waals surface area contributed by atoms with Crippen LogP contribution >= 0.6 is 0 Å². The number of nitrogens with zero attached hydrogens (tertiary/aromatic N) is 5. The van der Waals surface area contributed by atoms with Crippen molar-refractivity contribution < 1.29 is 0 Å². The normalized spacial score (nSPS) is 18.8. The molecular formula is C26H30N6. The van der Waals surface area contributed by atoms with Crippen molar-refractivity contribution in [3.8, 4) is 0 Å². The highest BCUT2D eigenvalue weighted by Gasteiger charge is 2.33. The Bertz CT molecular complexity index is 1170. The van der Waals surface area contributed by atoms with Crippen LogP contribution in [-0.4, -0.2) is 43.0 Å². The van der Waals surface area contributed by atoms with Gasteiger partial charge in [0.15, 0.2) is 0 Å². The van der Waals surface area contributed by atoms with Gasteiger partial charge in [-0.05, 0) is 71.9 Å². The van der Waals surface area contributed by atoms with Gasteiger partial charge >= 0.3 is 0 Å². The molecule has 0 unspecified atom stereocenters. The summed E-state index contributed by atoms with van der Waals surface area (Å²) in [6, 6.07) is 17.6. The lowest BCUT2D eigenvalue weighted by Crippen LogP contribution is -2.28. The van der Waals surface area contributed by atoms with Crippen molar-refractivity contribution in [1.29, 1.82) is 0 Å². The number of fused-ring (bicyclic) bond motifs is 1. The molecule has 0 bridgehead atoms. The molecule has 2 heterocycles. The van der Waals surface area contributed by atoms with Crippen LogP contribution in [0.2, 0.25) is 0 Å². The van der Waals surface area contributed by atoms with Gasteiger partial charge in [0.2, 0.25) is 5.95 Å². The molecule has 5 rings (SSSR count). The average Bonchev–Trinajstić information content (AvgIpc) is 3.26. The molecule has 3 aromatic rings. The number of rotatable bonds is 4. The summed E-state index contributed by atoms with van der Waals surface area (Å²) < 4.78 is 2.03. The monoisotopic (exact) mass is 426 g/mol. The molecule has 0 spiro atoms. The van der Waals surface area contributed by atoms with E-state index in [9.17, 15) is 0 Å². The lowest BCUT2D eigenvalue weighted by molar-refractivity contribution is 0.538. The van der Waals surface area contributed by atoms with Crippen molar-refractivity contribution in [1.82, 2.24) is 14.8 Å². The molecule has 2 aliphatic rings. The fourth-order valence-corrected chi connectivity index (χ4v) is 4.66. The van der Waals surface area contributed by atoms with Crippen molar-refractivity contribution in [2.24, 2.45) is 0 Å². The minimum atomic E-state index is 0.0692. The minimum Gasteiger partial charge on any atom is -0.378 e. The molecule has 1 N–H and O–H groups in total. The number of hydrogen-bond donors (Lipinski definition) is 1. The molecule has 1 aromatic heterocycles. The van der Waals surface area contributed by atoms with E-state index in [0.717, 1.165) is 25.2 Å². The van der Waals surface area contributed by atoms with E-state index < -0.39 is 0 Å². The van der Waals surface area contributed by atoms with E-state index in [4.69, 9.17) is 0 Å². The first kappa shape index (κ1) is 20.4. The highest BCUT2D eigenvalue weighted by Crippen LogP contribution is 2.43. The first-order chi connectivity index (χ1) is 15.5. The van der Waals surface area contributed by atoms with Crippen LogP contribution in [0.25, 0.3) is 6.08 Å². The molecule has 6 nitrogen and oxygen atoms in total. The lowest BCUT2D eigenvalue weighted by Gasteiger charge is -2.34. The third-order valence-corrected chi connectivity index (χ3v) is 6.39. The maximum Gasteiger partial charge on any atom is 0.226 e. The van der Waals surface area contributed by atoms with Gasteiger partial charge < -0.3 is 15.1 Å². The van der Waals surface area contributed by atoms with Crippen LogP contribution in [0.5, 0.6) is 0 Å². The number of anilines is 3. The summed E-state index contributed by atoms with van der Waals surface area (Å²) in [6.07, 6.45) is 7.21. The van der Waals surface area contributed by atoms with Crippen LogP contribution in [0.1, 0.15) is 36.4 Å². The maximum absolute atomic E-state index is 4.57. The molecule has 0 saturated carbocycles. The zero-order valence-corrected chi connectivity index (χ0v) is 19.2. The van der Waals surface area contributed by atoms with Crippen LogP contribution in [0.4, 0.5) is 17.3 Å². The number of nitrogens with one attached hydrogen (secondary N) is 1. The predicted molar refractivity (Wildman–Crippen MR) is 132 cm³/mol. The third-order valence-electron chi connectivity index (χ3n) is 6.39. The van der Waals surface area contributed by atoms with E-state index >= 15 is 0 Å². The number of hydrogen-bond acceptors (Lipinski definition) is 5. The summed E-state index contributed by atoms with van der Waals surface area (Å²) in [5.41, 5.74) is 8.82. The number of allylic oxidation sites excluding steroid dienone is 2. The molecule has 0 amide bonds. The predicted octanol–water partition coefficient (Wildman–Crippen LogP) is 4.95. The molecule has 0 saturated heterocycles. The van der Waals surface area contributed by atoms with Gasteiger partial charge in [0.1, 0.15) is 12.4 Å². The highest BCUT2D eigenvalue weighted by molar-refractivity contribution is 5.67. The largest absolute Gasteiger partial charge is 0.378 e. The summed E-state index contributed by atoms with van der Waals surface area (Å²) in [4.78, 5) is 8.76. The smallest absolute Gasteiger partial charge is 0.226 e. The topological polar surface area (TPSA) is 49.2 Å². The first-order valence-corrected chi connectivity index (χ1v) is 11.2. The van der Waals surface area contributed by atoms with Crippen molar-refractivity contribution in [2.45, 2.75) is 25.3 Å². The van der Waals surface area contributed by atoms with Gasteiger partial charge in [-0.2, -0.15) is 10.1 Å². The summed E-state index contributed by atoms with van der Waals surface area (Å²) in [5.74, 6) is 0.807. The van der Waals surface area contributed by atoms with Crippen LogP contribution in [0.15, 0.2) is 71.7 Å². The summed E-state index contributed by atoms with van der Waals surface area (Å²) in [6.45, 7) is 0. The SMILES string of the molecule is CN(C)c1ccc(/C=C2/CCCC3=C2Nc2ncnn2[C@H]3c2ccc(N(C)C)cc2)cc1. The molecule has 32 heavy (non-hydrogen) atoms. The van der Waals surface area contributed by atoms with E-state index in [-0.39, 0.29) is 6.04 Å². The fourth-order valence-electron chi connectivity index (χ4n) is 4.66. The van der Waals surface area contributed by atoms with Crippen LogP contribution in [0.3, 0.4) is 0 Å². The molecule has 0 fully saturated rings. The fraction of sp³-hybridized carbons (Fsp3) is 0.308. The molecule has 1 atom stereocenters. The molecule has 0 radical (unpaired) electrons. The Kier molecular flexibility index (Phi) is 5.21. The van der Waals surface area contributed by atoms with Crippen LogP contribution < -0.4 is 15.1 Å². The first-order valence-electron chi connectivity index (χ1n) is 11.2. The van der Waals surface area contributed by atoms with E-state index in [0.29, 0.717) is 0 Å². The summed E-state index contributed by atoms with van der Waals surface area (Å²) >= 11 is 0. The Morgan fingerprint density at radius 2 is 1.56 bits per heavy atom. The van der Waals surface area contributed by atoms with Crippen LogP contribution in [0, 0.1) is 0 Å². The molecule has 2 aromatic carbocycles. The van der Waals surface area contributed by atoms with Gasteiger partial charge in [-0.15, -0.1) is 0 Å². The van der Waals surface area contributed by atoms with Crippen molar-refractivity contribution in [2.75, 3.05) is 43.3 Å². The molecular weight excluding hydrogens is 396 g/mol. The van der Waals surface area contributed by atoms with E-state index in [1.54, 1.807) is 6.33 Å². The Labute approximate surface area is 189 Å². The van der Waals surface area contributed by atoms with Crippen molar-refractivity contribution >= 4 is 23.4 Å². The standard InChI is InChI=1S/C26H30N6/c1-30(2)21-12-8-18(9-13-21)16-20-6-5-7-23-24(20)29-26-27-17-28-32(26)25(23)19-10-14-22(15-11-19)31(3)4/h8-17,25H,5-7H2,1-4H3,(H,27,28,29)/b20-16-/t25-/m0/s1. The van der Waals surface area contributed by atoms with Gasteiger partial charge in [0.05, 0.1) is 0 Å². The van der Waals surface area contributed by atoms with Gasteiger partial charge in [-0.25, -0.2) is 4.68 Å². The zero-order valence-electron chi connectivity index (χ0n) is 19.2. The van der Waals surface area contributed by atoms with Crippen LogP contribution in [-0.2, 0) is 0 Å². The highest BCUT2D eigenvalue weighted by atomic mass is 15.4.